The molecule has 0 aromatic rings. The molecule has 0 spiro atoms. The van der Waals surface area contributed by atoms with Gasteiger partial charge < -0.3 is 9.84 Å². The van der Waals surface area contributed by atoms with Gasteiger partial charge in [-0.05, 0) is 35.7 Å². The average molecular weight is 383 g/mol. The number of aliphatic hydroxyl groups is 1. The lowest BCUT2D eigenvalue weighted by Crippen LogP contribution is -2.34. The van der Waals surface area contributed by atoms with E-state index in [-0.39, 0.29) is 17.7 Å². The zero-order valence-electron chi connectivity index (χ0n) is 14.0. The van der Waals surface area contributed by atoms with Crippen LogP contribution in [0.1, 0.15) is 19.3 Å². The molecule has 0 unspecified atom stereocenters. The van der Waals surface area contributed by atoms with Crippen LogP contribution in [0.15, 0.2) is 64.6 Å². The van der Waals surface area contributed by atoms with Gasteiger partial charge >= 0.3 is 12.1 Å². The first-order valence-electron chi connectivity index (χ1n) is 8.01. The Hall–Kier alpha value is -2.81. The van der Waals surface area contributed by atoms with Crippen molar-refractivity contribution in [3.8, 4) is 0 Å². The Morgan fingerprint density at radius 3 is 2.44 bits per heavy atom. The van der Waals surface area contributed by atoms with E-state index in [0.717, 1.165) is 12.2 Å². The van der Waals surface area contributed by atoms with Gasteiger partial charge in [0.15, 0.2) is 5.78 Å². The van der Waals surface area contributed by atoms with E-state index in [1.54, 1.807) is 0 Å². The summed E-state index contributed by atoms with van der Waals surface area (Å²) < 4.78 is 44.2. The van der Waals surface area contributed by atoms with Gasteiger partial charge in [-0.15, -0.1) is 4.91 Å². The highest BCUT2D eigenvalue weighted by Gasteiger charge is 2.43. The van der Waals surface area contributed by atoms with Crippen LogP contribution in [-0.2, 0) is 14.3 Å². The number of rotatable bonds is 1. The third-order valence-corrected chi connectivity index (χ3v) is 3.83. The number of allylic oxidation sites excluding steroid dienone is 4. The first-order chi connectivity index (χ1) is 12.7. The first-order valence-corrected chi connectivity index (χ1v) is 8.01. The van der Waals surface area contributed by atoms with Crippen LogP contribution in [0.5, 0.6) is 0 Å². The molecule has 0 aromatic heterocycles. The normalized spacial score (nSPS) is 27.2. The number of hydrogen-bond donors (Lipinski definition) is 1. The van der Waals surface area contributed by atoms with Crippen molar-refractivity contribution in [2.75, 3.05) is 0 Å². The van der Waals surface area contributed by atoms with Crippen LogP contribution in [0.25, 0.3) is 0 Å². The van der Waals surface area contributed by atoms with E-state index in [2.05, 4.69) is 9.91 Å². The van der Waals surface area contributed by atoms with Gasteiger partial charge in [-0.2, -0.15) is 13.2 Å². The molecule has 9 heteroatoms. The summed E-state index contributed by atoms with van der Waals surface area (Å²) in [5.41, 5.74) is -0.656. The van der Waals surface area contributed by atoms with E-state index < -0.39 is 42.1 Å². The molecule has 2 atom stereocenters. The van der Waals surface area contributed by atoms with Crippen LogP contribution in [0.2, 0.25) is 0 Å². The van der Waals surface area contributed by atoms with Gasteiger partial charge in [0.25, 0.3) is 0 Å². The van der Waals surface area contributed by atoms with Gasteiger partial charge in [0.1, 0.15) is 11.8 Å². The minimum atomic E-state index is -4.89. The van der Waals surface area contributed by atoms with Crippen molar-refractivity contribution in [3.63, 3.8) is 0 Å². The van der Waals surface area contributed by atoms with Crippen LogP contribution >= 0.6 is 0 Å². The zero-order valence-corrected chi connectivity index (χ0v) is 14.0. The van der Waals surface area contributed by atoms with Crippen molar-refractivity contribution in [2.45, 2.75) is 37.6 Å². The number of aliphatic hydroxyl groups excluding tert-OH is 1. The van der Waals surface area contributed by atoms with Gasteiger partial charge in [-0.25, -0.2) is 4.79 Å². The molecule has 6 nitrogen and oxygen atoms in total. The highest BCUT2D eigenvalue weighted by Crippen LogP contribution is 2.30. The number of esters is 1. The van der Waals surface area contributed by atoms with Crippen LogP contribution in [0.4, 0.5) is 13.2 Å². The summed E-state index contributed by atoms with van der Waals surface area (Å²) in [5, 5.41) is 12.5. The Labute approximate surface area is 152 Å². The first kappa shape index (κ1) is 20.5. The second-order valence-electron chi connectivity index (χ2n) is 5.78. The van der Waals surface area contributed by atoms with Crippen molar-refractivity contribution in [1.29, 1.82) is 0 Å². The number of fused-ring (bicyclic) bond motifs is 1. The molecule has 2 aliphatic rings. The summed E-state index contributed by atoms with van der Waals surface area (Å²) in [6, 6.07) is 0. The van der Waals surface area contributed by atoms with Crippen molar-refractivity contribution < 1.29 is 32.6 Å². The Morgan fingerprint density at radius 2 is 1.78 bits per heavy atom. The summed E-state index contributed by atoms with van der Waals surface area (Å²) in [6.45, 7) is 0. The smallest absolute Gasteiger partial charge is 0.425 e. The van der Waals surface area contributed by atoms with E-state index in [1.807, 2.05) is 0 Å². The lowest BCUT2D eigenvalue weighted by molar-refractivity contribution is -0.217. The number of ketones is 1. The van der Waals surface area contributed by atoms with Gasteiger partial charge in [0.2, 0.25) is 6.10 Å². The summed E-state index contributed by atoms with van der Waals surface area (Å²) >= 11 is 0. The van der Waals surface area contributed by atoms with Crippen LogP contribution < -0.4 is 0 Å². The molecular weight excluding hydrogens is 367 g/mol. The number of hydrogen-bond acceptors (Lipinski definition) is 6. The Kier molecular flexibility index (Phi) is 6.62. The molecule has 0 radical (unpaired) electrons. The van der Waals surface area contributed by atoms with Crippen molar-refractivity contribution in [1.82, 2.24) is 0 Å². The molecule has 144 valence electrons. The van der Waals surface area contributed by atoms with E-state index >= 15 is 0 Å². The average Bonchev–Trinajstić information content (AvgIpc) is 2.80. The van der Waals surface area contributed by atoms with Crippen molar-refractivity contribution in [3.05, 3.63) is 64.3 Å². The third kappa shape index (κ3) is 5.33. The highest BCUT2D eigenvalue weighted by molar-refractivity contribution is 5.96. The van der Waals surface area contributed by atoms with Gasteiger partial charge in [-0.3, -0.25) is 4.79 Å². The monoisotopic (exact) mass is 383 g/mol. The topological polar surface area (TPSA) is 93.0 Å². The summed E-state index contributed by atoms with van der Waals surface area (Å²) in [7, 11) is 0. The van der Waals surface area contributed by atoms with E-state index in [0.29, 0.717) is 6.42 Å². The third-order valence-electron chi connectivity index (χ3n) is 3.83. The number of ether oxygens (including phenoxy) is 1. The minimum Gasteiger partial charge on any atom is -0.449 e. The maximum absolute atomic E-state index is 13.2. The van der Waals surface area contributed by atoms with Crippen LogP contribution in [0, 0.1) is 4.91 Å². The second kappa shape index (κ2) is 8.72. The molecule has 2 rings (SSSR count). The van der Waals surface area contributed by atoms with Crippen LogP contribution in [0.3, 0.4) is 0 Å². The Balaban J connectivity index is 2.53. The molecule has 0 bridgehead atoms. The lowest BCUT2D eigenvalue weighted by atomic mass is 10.0. The number of carbonyl (C=O) groups is 2. The lowest BCUT2D eigenvalue weighted by Gasteiger charge is -2.20. The number of carbonyl (C=O) groups excluding carboxylic acids is 2. The molecule has 0 saturated carbocycles. The van der Waals surface area contributed by atoms with E-state index in [1.165, 1.54) is 30.4 Å². The molecule has 0 fully saturated rings. The SMILES string of the molecule is O=NC1=C2C(=O)O[C@@H](C(F)(F)F)C/C=C\C(=O)[C@@H](O)C/C=C/C2=CCC=C1. The van der Waals surface area contributed by atoms with Crippen molar-refractivity contribution >= 4 is 11.8 Å². The molecule has 0 saturated heterocycles. The fourth-order valence-electron chi connectivity index (χ4n) is 2.45. The fraction of sp³-hybridized carbons (Fsp3) is 0.333. The van der Waals surface area contributed by atoms with E-state index in [9.17, 15) is 32.8 Å². The number of cyclic esters (lactones) is 1. The predicted octanol–water partition coefficient (Wildman–Crippen LogP) is 3.20. The molecule has 0 aromatic carbocycles. The number of nitroso groups, excluding NO2 is 1. The Morgan fingerprint density at radius 1 is 1.07 bits per heavy atom. The largest absolute Gasteiger partial charge is 0.449 e. The summed E-state index contributed by atoms with van der Waals surface area (Å²) in [4.78, 5) is 35.2. The summed E-state index contributed by atoms with van der Waals surface area (Å²) in [5.74, 6) is -2.12. The molecular formula is C18H16F3NO5. The van der Waals surface area contributed by atoms with Gasteiger partial charge in [0.05, 0.1) is 5.57 Å². The molecule has 1 N–H and O–H groups in total. The quantitative estimate of drug-likeness (QED) is 0.554. The zero-order chi connectivity index (χ0) is 20.0. The van der Waals surface area contributed by atoms with E-state index in [4.69, 9.17) is 0 Å². The number of alkyl halides is 3. The van der Waals surface area contributed by atoms with Gasteiger partial charge in [-0.1, -0.05) is 30.4 Å². The molecule has 1 aliphatic carbocycles. The summed E-state index contributed by atoms with van der Waals surface area (Å²) in [6.07, 6.45) is -0.861. The molecule has 1 heterocycles. The molecule has 1 aliphatic heterocycles. The maximum Gasteiger partial charge on any atom is 0.425 e. The van der Waals surface area contributed by atoms with Crippen LogP contribution in [-0.4, -0.2) is 35.2 Å². The van der Waals surface area contributed by atoms with Crippen molar-refractivity contribution in [2.24, 2.45) is 5.18 Å². The minimum absolute atomic E-state index is 0.118. The molecule has 27 heavy (non-hydrogen) atoms. The number of halogens is 3. The second-order valence-corrected chi connectivity index (χ2v) is 5.78. The predicted molar refractivity (Wildman–Crippen MR) is 89.1 cm³/mol. The van der Waals surface area contributed by atoms with Gasteiger partial charge in [0, 0.05) is 6.42 Å². The number of nitrogens with zero attached hydrogens (tertiary/aromatic N) is 1. The standard InChI is InChI=1S/C18H16F3NO5/c19-18(20,21)15-10-4-9-14(24)13(23)8-3-6-11-5-1-2-7-12(22-26)16(11)17(25)27-15/h2-7,9,13,15,23H,1,8,10H2/b6-3+,9-4-/t13-,15+/m0/s1. The fourth-order valence-corrected chi connectivity index (χ4v) is 2.45. The maximum atomic E-state index is 13.2. The highest BCUT2D eigenvalue weighted by atomic mass is 19.4. The molecule has 0 amide bonds. The Bertz CT molecular complexity index is 774.